The van der Waals surface area contributed by atoms with E-state index in [1.165, 1.54) is 6.07 Å². The molecule has 1 aliphatic rings. The van der Waals surface area contributed by atoms with Crippen molar-refractivity contribution in [1.29, 1.82) is 0 Å². The summed E-state index contributed by atoms with van der Waals surface area (Å²) in [6.45, 7) is -0.709. The first-order chi connectivity index (χ1) is 8.52. The molecule has 7 heteroatoms. The van der Waals surface area contributed by atoms with E-state index in [1.807, 2.05) is 0 Å². The molecule has 2 rings (SSSR count). The number of halogens is 1. The van der Waals surface area contributed by atoms with E-state index in [2.05, 4.69) is 20.9 Å². The molecule has 0 aliphatic heterocycles. The molecule has 0 bridgehead atoms. The van der Waals surface area contributed by atoms with Crippen molar-refractivity contribution >= 4 is 27.6 Å². The van der Waals surface area contributed by atoms with Crippen LogP contribution in [-0.2, 0) is 0 Å². The molecule has 1 saturated carbocycles. The van der Waals surface area contributed by atoms with Crippen LogP contribution >= 0.6 is 15.9 Å². The van der Waals surface area contributed by atoms with Gasteiger partial charge in [0.25, 0.3) is 5.91 Å². The molecule has 1 amide bonds. The minimum absolute atomic E-state index is 0.0157. The van der Waals surface area contributed by atoms with E-state index in [0.717, 1.165) is 12.8 Å². The van der Waals surface area contributed by atoms with Crippen LogP contribution in [0.15, 0.2) is 10.7 Å². The van der Waals surface area contributed by atoms with Crippen molar-refractivity contribution in [3.05, 3.63) is 21.8 Å². The third-order valence-electron chi connectivity index (χ3n) is 2.45. The maximum Gasteiger partial charge on any atom is 0.254 e. The fraction of sp³-hybridized carbons (Fsp3) is 0.364. The number of rotatable bonds is 5. The number of carbonyl (C=O) groups is 2. The van der Waals surface area contributed by atoms with Crippen molar-refractivity contribution in [3.63, 3.8) is 0 Å². The zero-order chi connectivity index (χ0) is 13.3. The zero-order valence-electron chi connectivity index (χ0n) is 9.35. The number of primary amides is 1. The Labute approximate surface area is 111 Å². The Hall–Kier alpha value is -1.47. The summed E-state index contributed by atoms with van der Waals surface area (Å²) in [5.74, 6) is -1.37. The van der Waals surface area contributed by atoms with Gasteiger partial charge in [-0.25, -0.2) is 4.98 Å². The average molecular weight is 315 g/mol. The lowest BCUT2D eigenvalue weighted by atomic mass is 10.1. The highest BCUT2D eigenvalue weighted by molar-refractivity contribution is 9.10. The smallest absolute Gasteiger partial charge is 0.254 e. The molecular weight excluding hydrogens is 304 g/mol. The molecule has 0 spiro atoms. The number of Topliss-reactive ketones (excluding diaryl/α,β-unsaturated/α-hetero) is 1. The summed E-state index contributed by atoms with van der Waals surface area (Å²) in [6.07, 6.45) is 1.78. The summed E-state index contributed by atoms with van der Waals surface area (Å²) in [5, 5.41) is 8.89. The number of ether oxygens (including phenoxy) is 1. The molecular formula is C11H11BrN2O4. The third kappa shape index (κ3) is 2.68. The minimum atomic E-state index is -0.803. The van der Waals surface area contributed by atoms with Crippen molar-refractivity contribution < 1.29 is 19.4 Å². The highest BCUT2D eigenvalue weighted by Gasteiger charge is 2.29. The van der Waals surface area contributed by atoms with Gasteiger partial charge in [-0.15, -0.1) is 0 Å². The number of carbonyl (C=O) groups excluding carboxylic acids is 2. The molecule has 1 heterocycles. The van der Waals surface area contributed by atoms with E-state index in [1.54, 1.807) is 0 Å². The first kappa shape index (κ1) is 13.0. The Morgan fingerprint density at radius 2 is 2.22 bits per heavy atom. The number of aliphatic hydroxyl groups is 1. The van der Waals surface area contributed by atoms with E-state index in [-0.39, 0.29) is 23.1 Å². The quantitative estimate of drug-likeness (QED) is 0.614. The number of ketones is 1. The van der Waals surface area contributed by atoms with Gasteiger partial charge in [0.15, 0.2) is 5.78 Å². The van der Waals surface area contributed by atoms with Crippen LogP contribution in [0.4, 0.5) is 0 Å². The van der Waals surface area contributed by atoms with Gasteiger partial charge < -0.3 is 15.6 Å². The van der Waals surface area contributed by atoms with E-state index in [9.17, 15) is 9.59 Å². The molecule has 96 valence electrons. The second-order valence-electron chi connectivity index (χ2n) is 3.94. The van der Waals surface area contributed by atoms with Gasteiger partial charge in [-0.05, 0) is 34.8 Å². The monoisotopic (exact) mass is 314 g/mol. The SMILES string of the molecule is NC(=O)c1c(C(=O)CO)cc(Br)nc1OC1CC1. The molecule has 3 N–H and O–H groups in total. The number of aromatic nitrogens is 1. The number of aliphatic hydroxyl groups excluding tert-OH is 1. The highest BCUT2D eigenvalue weighted by Crippen LogP contribution is 2.30. The molecule has 1 aromatic heterocycles. The number of hydrogen-bond donors (Lipinski definition) is 2. The Bertz CT molecular complexity index is 514. The van der Waals surface area contributed by atoms with E-state index in [4.69, 9.17) is 15.6 Å². The summed E-state index contributed by atoms with van der Waals surface area (Å²) in [5.41, 5.74) is 5.18. The second kappa shape index (κ2) is 5.03. The molecule has 1 aromatic rings. The van der Waals surface area contributed by atoms with Crippen molar-refractivity contribution in [2.45, 2.75) is 18.9 Å². The van der Waals surface area contributed by atoms with E-state index < -0.39 is 18.3 Å². The van der Waals surface area contributed by atoms with Gasteiger partial charge in [-0.2, -0.15) is 0 Å². The van der Waals surface area contributed by atoms with Crippen LogP contribution in [0.2, 0.25) is 0 Å². The molecule has 0 atom stereocenters. The van der Waals surface area contributed by atoms with Crippen molar-refractivity contribution in [2.75, 3.05) is 6.61 Å². The first-order valence-electron chi connectivity index (χ1n) is 5.34. The molecule has 0 saturated heterocycles. The van der Waals surface area contributed by atoms with Crippen LogP contribution < -0.4 is 10.5 Å². The molecule has 6 nitrogen and oxygen atoms in total. The predicted molar refractivity (Wildman–Crippen MR) is 65.5 cm³/mol. The molecule has 18 heavy (non-hydrogen) atoms. The van der Waals surface area contributed by atoms with Crippen molar-refractivity contribution in [1.82, 2.24) is 4.98 Å². The molecule has 1 fully saturated rings. The number of amides is 1. The van der Waals surface area contributed by atoms with Crippen molar-refractivity contribution in [3.8, 4) is 5.88 Å². The summed E-state index contributed by atoms with van der Waals surface area (Å²) >= 11 is 3.13. The van der Waals surface area contributed by atoms with Gasteiger partial charge in [0.1, 0.15) is 22.9 Å². The lowest BCUT2D eigenvalue weighted by molar-refractivity contribution is 0.0891. The maximum atomic E-state index is 11.6. The first-order valence-corrected chi connectivity index (χ1v) is 6.13. The largest absolute Gasteiger partial charge is 0.474 e. The van der Waals surface area contributed by atoms with Crippen LogP contribution in [0.25, 0.3) is 0 Å². The average Bonchev–Trinajstić information content (AvgIpc) is 3.10. The van der Waals surface area contributed by atoms with E-state index >= 15 is 0 Å². The van der Waals surface area contributed by atoms with Gasteiger partial charge in [0.05, 0.1) is 0 Å². The number of hydrogen-bond acceptors (Lipinski definition) is 5. The fourth-order valence-electron chi connectivity index (χ4n) is 1.46. The Morgan fingerprint density at radius 3 is 2.72 bits per heavy atom. The summed E-state index contributed by atoms with van der Waals surface area (Å²) in [4.78, 5) is 27.0. The lowest BCUT2D eigenvalue weighted by Gasteiger charge is -2.11. The van der Waals surface area contributed by atoms with Gasteiger partial charge in [-0.1, -0.05) is 0 Å². The highest BCUT2D eigenvalue weighted by atomic mass is 79.9. The summed E-state index contributed by atoms with van der Waals surface area (Å²) < 4.78 is 5.81. The van der Waals surface area contributed by atoms with Crippen LogP contribution in [0.1, 0.15) is 33.6 Å². The maximum absolute atomic E-state index is 11.6. The molecule has 0 radical (unpaired) electrons. The van der Waals surface area contributed by atoms with Crippen LogP contribution in [0.3, 0.4) is 0 Å². The lowest BCUT2D eigenvalue weighted by Crippen LogP contribution is -2.20. The van der Waals surface area contributed by atoms with Gasteiger partial charge in [-0.3, -0.25) is 9.59 Å². The predicted octanol–water partition coefficient (Wildman–Crippen LogP) is 0.659. The van der Waals surface area contributed by atoms with Gasteiger partial charge in [0.2, 0.25) is 5.88 Å². The van der Waals surface area contributed by atoms with Crippen LogP contribution in [-0.4, -0.2) is 34.5 Å². The Morgan fingerprint density at radius 1 is 1.56 bits per heavy atom. The van der Waals surface area contributed by atoms with Gasteiger partial charge >= 0.3 is 0 Å². The Kier molecular flexibility index (Phi) is 3.63. The molecule has 1 aliphatic carbocycles. The normalized spacial score (nSPS) is 14.3. The second-order valence-corrected chi connectivity index (χ2v) is 4.75. The van der Waals surface area contributed by atoms with E-state index in [0.29, 0.717) is 4.60 Å². The molecule has 0 unspecified atom stereocenters. The van der Waals surface area contributed by atoms with Crippen molar-refractivity contribution in [2.24, 2.45) is 5.73 Å². The number of pyridine rings is 1. The van der Waals surface area contributed by atoms with Gasteiger partial charge in [0, 0.05) is 5.56 Å². The summed E-state index contributed by atoms with van der Waals surface area (Å²) in [6, 6.07) is 1.35. The Balaban J connectivity index is 2.52. The van der Waals surface area contributed by atoms with Crippen LogP contribution in [0, 0.1) is 0 Å². The fourth-order valence-corrected chi connectivity index (χ4v) is 1.85. The molecule has 0 aromatic carbocycles. The number of nitrogens with zero attached hydrogens (tertiary/aromatic N) is 1. The summed E-state index contributed by atoms with van der Waals surface area (Å²) in [7, 11) is 0. The standard InChI is InChI=1S/C11H11BrN2O4/c12-8-3-6(7(16)4-15)9(10(13)17)11(14-8)18-5-1-2-5/h3,5,15H,1-2,4H2,(H2,13,17). The number of nitrogens with two attached hydrogens (primary N) is 1. The van der Waals surface area contributed by atoms with Crippen LogP contribution in [0.5, 0.6) is 5.88 Å². The third-order valence-corrected chi connectivity index (χ3v) is 2.85. The topological polar surface area (TPSA) is 103 Å². The zero-order valence-corrected chi connectivity index (χ0v) is 10.9. The minimum Gasteiger partial charge on any atom is -0.474 e.